The van der Waals surface area contributed by atoms with Crippen LogP contribution < -0.4 is 4.90 Å². The first kappa shape index (κ1) is 12.7. The summed E-state index contributed by atoms with van der Waals surface area (Å²) >= 11 is 0. The summed E-state index contributed by atoms with van der Waals surface area (Å²) in [6.07, 6.45) is 1.07. The second kappa shape index (κ2) is 5.33. The minimum atomic E-state index is -0.981. The number of rotatable bonds is 3. The molecular formula is C16H16N2O2. The molecule has 0 radical (unpaired) electrons. The van der Waals surface area contributed by atoms with Crippen LogP contribution in [0.1, 0.15) is 28.4 Å². The number of hydrogen-bond donors (Lipinski definition) is 1. The lowest BCUT2D eigenvalue weighted by Crippen LogP contribution is -2.21. The highest BCUT2D eigenvalue weighted by molar-refractivity contribution is 5.85. The van der Waals surface area contributed by atoms with Crippen LogP contribution >= 0.6 is 0 Å². The standard InChI is InChI=1S/C16H16N2O2/c19-16(20)14-7-4-8-15(17-14)18-10-9-13(11-18)12-5-2-1-3-6-12/h1-8,13H,9-11H2,(H,19,20). The smallest absolute Gasteiger partial charge is 0.354 e. The third-order valence-electron chi connectivity index (χ3n) is 3.74. The van der Waals surface area contributed by atoms with E-state index in [2.05, 4.69) is 34.1 Å². The molecule has 4 heteroatoms. The van der Waals surface area contributed by atoms with E-state index in [1.165, 1.54) is 11.6 Å². The molecule has 1 N–H and O–H groups in total. The van der Waals surface area contributed by atoms with Crippen LogP contribution in [0.15, 0.2) is 48.5 Å². The van der Waals surface area contributed by atoms with Crippen LogP contribution in [-0.4, -0.2) is 29.1 Å². The highest BCUT2D eigenvalue weighted by Gasteiger charge is 2.24. The Morgan fingerprint density at radius 1 is 1.15 bits per heavy atom. The van der Waals surface area contributed by atoms with Gasteiger partial charge in [0.25, 0.3) is 0 Å². The molecular weight excluding hydrogens is 252 g/mol. The lowest BCUT2D eigenvalue weighted by Gasteiger charge is -2.18. The number of pyridine rings is 1. The summed E-state index contributed by atoms with van der Waals surface area (Å²) in [6.45, 7) is 1.80. The largest absolute Gasteiger partial charge is 0.477 e. The fourth-order valence-corrected chi connectivity index (χ4v) is 2.68. The fourth-order valence-electron chi connectivity index (χ4n) is 2.68. The molecule has 2 aromatic rings. The zero-order valence-electron chi connectivity index (χ0n) is 11.1. The van der Waals surface area contributed by atoms with Crippen molar-refractivity contribution in [3.05, 3.63) is 59.8 Å². The molecule has 1 unspecified atom stereocenters. The summed E-state index contributed by atoms with van der Waals surface area (Å²) in [4.78, 5) is 17.3. The molecule has 1 fully saturated rings. The Labute approximate surface area is 117 Å². The molecule has 0 aliphatic carbocycles. The average Bonchev–Trinajstić information content (AvgIpc) is 2.98. The van der Waals surface area contributed by atoms with E-state index >= 15 is 0 Å². The average molecular weight is 268 g/mol. The minimum Gasteiger partial charge on any atom is -0.477 e. The summed E-state index contributed by atoms with van der Waals surface area (Å²) in [6, 6.07) is 15.6. The summed E-state index contributed by atoms with van der Waals surface area (Å²) in [7, 11) is 0. The van der Waals surface area contributed by atoms with Crippen molar-refractivity contribution < 1.29 is 9.90 Å². The van der Waals surface area contributed by atoms with Gasteiger partial charge in [0.15, 0.2) is 5.69 Å². The maximum absolute atomic E-state index is 11.0. The highest BCUT2D eigenvalue weighted by Crippen LogP contribution is 2.29. The van der Waals surface area contributed by atoms with Crippen LogP contribution in [0.4, 0.5) is 5.82 Å². The van der Waals surface area contributed by atoms with Gasteiger partial charge in [-0.25, -0.2) is 9.78 Å². The lowest BCUT2D eigenvalue weighted by atomic mass is 9.99. The molecule has 4 nitrogen and oxygen atoms in total. The molecule has 20 heavy (non-hydrogen) atoms. The monoisotopic (exact) mass is 268 g/mol. The topological polar surface area (TPSA) is 53.4 Å². The van der Waals surface area contributed by atoms with Crippen LogP contribution in [0, 0.1) is 0 Å². The van der Waals surface area contributed by atoms with Crippen molar-refractivity contribution in [1.82, 2.24) is 4.98 Å². The highest BCUT2D eigenvalue weighted by atomic mass is 16.4. The Morgan fingerprint density at radius 3 is 2.70 bits per heavy atom. The van der Waals surface area contributed by atoms with Gasteiger partial charge < -0.3 is 10.0 Å². The van der Waals surface area contributed by atoms with E-state index in [0.29, 0.717) is 5.92 Å². The molecule has 1 aliphatic rings. The van der Waals surface area contributed by atoms with Crippen molar-refractivity contribution in [3.8, 4) is 0 Å². The van der Waals surface area contributed by atoms with Gasteiger partial charge in [0, 0.05) is 19.0 Å². The van der Waals surface area contributed by atoms with Gasteiger partial charge in [-0.1, -0.05) is 36.4 Å². The molecule has 2 heterocycles. The predicted octanol–water partition coefficient (Wildman–Crippen LogP) is 2.77. The third-order valence-corrected chi connectivity index (χ3v) is 3.74. The number of carbonyl (C=O) groups is 1. The lowest BCUT2D eigenvalue weighted by molar-refractivity contribution is 0.0690. The van der Waals surface area contributed by atoms with Crippen LogP contribution in [0.25, 0.3) is 0 Å². The molecule has 1 atom stereocenters. The number of carboxylic acids is 1. The van der Waals surface area contributed by atoms with Crippen molar-refractivity contribution in [3.63, 3.8) is 0 Å². The number of anilines is 1. The molecule has 1 saturated heterocycles. The van der Waals surface area contributed by atoms with Gasteiger partial charge in [0.1, 0.15) is 5.82 Å². The maximum Gasteiger partial charge on any atom is 0.354 e. The molecule has 0 amide bonds. The van der Waals surface area contributed by atoms with Gasteiger partial charge in [-0.15, -0.1) is 0 Å². The number of carboxylic acid groups (broad SMARTS) is 1. The predicted molar refractivity (Wildman–Crippen MR) is 77.2 cm³/mol. The number of hydrogen-bond acceptors (Lipinski definition) is 3. The third kappa shape index (κ3) is 2.50. The zero-order valence-corrected chi connectivity index (χ0v) is 11.1. The Kier molecular flexibility index (Phi) is 3.37. The first-order valence-corrected chi connectivity index (χ1v) is 6.74. The minimum absolute atomic E-state index is 0.102. The number of aromatic carboxylic acids is 1. The summed E-state index contributed by atoms with van der Waals surface area (Å²) in [5, 5.41) is 9.00. The quantitative estimate of drug-likeness (QED) is 0.930. The van der Waals surface area contributed by atoms with E-state index in [1.807, 2.05) is 12.1 Å². The Bertz CT molecular complexity index is 613. The van der Waals surface area contributed by atoms with Gasteiger partial charge in [-0.2, -0.15) is 0 Å². The van der Waals surface area contributed by atoms with E-state index in [-0.39, 0.29) is 5.69 Å². The normalized spacial score (nSPS) is 18.2. The Balaban J connectivity index is 1.77. The van der Waals surface area contributed by atoms with Crippen molar-refractivity contribution in [1.29, 1.82) is 0 Å². The van der Waals surface area contributed by atoms with Crippen LogP contribution in [0.3, 0.4) is 0 Å². The van der Waals surface area contributed by atoms with E-state index in [0.717, 1.165) is 25.3 Å². The van der Waals surface area contributed by atoms with Crippen LogP contribution in [-0.2, 0) is 0 Å². The van der Waals surface area contributed by atoms with Gasteiger partial charge in [0.2, 0.25) is 0 Å². The van der Waals surface area contributed by atoms with Crippen molar-refractivity contribution in [2.75, 3.05) is 18.0 Å². The van der Waals surface area contributed by atoms with Gasteiger partial charge >= 0.3 is 5.97 Å². The molecule has 0 spiro atoms. The number of nitrogens with zero attached hydrogens (tertiary/aromatic N) is 2. The molecule has 102 valence electrons. The number of benzene rings is 1. The molecule has 1 aliphatic heterocycles. The Morgan fingerprint density at radius 2 is 1.95 bits per heavy atom. The van der Waals surface area contributed by atoms with Crippen molar-refractivity contribution in [2.24, 2.45) is 0 Å². The van der Waals surface area contributed by atoms with E-state index < -0.39 is 5.97 Å². The molecule has 3 rings (SSSR count). The molecule has 1 aromatic heterocycles. The van der Waals surface area contributed by atoms with Gasteiger partial charge in [0.05, 0.1) is 0 Å². The van der Waals surface area contributed by atoms with E-state index in [9.17, 15) is 4.79 Å². The second-order valence-electron chi connectivity index (χ2n) is 5.03. The first-order valence-electron chi connectivity index (χ1n) is 6.74. The second-order valence-corrected chi connectivity index (χ2v) is 5.03. The molecule has 0 bridgehead atoms. The first-order chi connectivity index (χ1) is 9.74. The van der Waals surface area contributed by atoms with Crippen molar-refractivity contribution >= 4 is 11.8 Å². The van der Waals surface area contributed by atoms with Crippen LogP contribution in [0.2, 0.25) is 0 Å². The van der Waals surface area contributed by atoms with Crippen LogP contribution in [0.5, 0.6) is 0 Å². The summed E-state index contributed by atoms with van der Waals surface area (Å²) in [5.41, 5.74) is 1.44. The van der Waals surface area contributed by atoms with E-state index in [1.54, 1.807) is 6.07 Å². The zero-order chi connectivity index (χ0) is 13.9. The Hall–Kier alpha value is -2.36. The van der Waals surface area contributed by atoms with E-state index in [4.69, 9.17) is 5.11 Å². The summed E-state index contributed by atoms with van der Waals surface area (Å²) in [5.74, 6) is 0.264. The number of aromatic nitrogens is 1. The van der Waals surface area contributed by atoms with Gasteiger partial charge in [-0.05, 0) is 24.1 Å². The maximum atomic E-state index is 11.0. The van der Waals surface area contributed by atoms with Gasteiger partial charge in [-0.3, -0.25) is 0 Å². The molecule has 1 aromatic carbocycles. The summed E-state index contributed by atoms with van der Waals surface area (Å²) < 4.78 is 0. The fraction of sp³-hybridized carbons (Fsp3) is 0.250. The SMILES string of the molecule is O=C(O)c1cccc(N2CCC(c3ccccc3)C2)n1. The molecule has 0 saturated carbocycles. The van der Waals surface area contributed by atoms with Crippen molar-refractivity contribution in [2.45, 2.75) is 12.3 Å².